The number of nitrogens with two attached hydrogens (primary N) is 1. The summed E-state index contributed by atoms with van der Waals surface area (Å²) in [5, 5.41) is 8.44. The van der Waals surface area contributed by atoms with Crippen LogP contribution < -0.4 is 5.73 Å². The number of carbonyl (C=O) groups is 1. The molecule has 1 atom stereocenters. The van der Waals surface area contributed by atoms with Crippen molar-refractivity contribution >= 4 is 5.97 Å². The first-order valence-corrected chi connectivity index (χ1v) is 4.29. The number of carboxylic acid groups (broad SMARTS) is 1. The molecular formula is C10H11F2NO2. The maximum Gasteiger partial charge on any atom is 0.327 e. The molecule has 1 aromatic rings. The zero-order valence-corrected chi connectivity index (χ0v) is 8.08. The topological polar surface area (TPSA) is 63.3 Å². The molecule has 3 nitrogen and oxygen atoms in total. The van der Waals surface area contributed by atoms with Crippen LogP contribution in [-0.4, -0.2) is 17.1 Å². The lowest BCUT2D eigenvalue weighted by Gasteiger charge is -2.20. The van der Waals surface area contributed by atoms with E-state index in [1.807, 2.05) is 0 Å². The zero-order chi connectivity index (χ0) is 11.6. The van der Waals surface area contributed by atoms with Crippen molar-refractivity contribution in [1.82, 2.24) is 0 Å². The lowest BCUT2D eigenvalue weighted by atomic mass is 10.00. The van der Waals surface area contributed by atoms with Crippen molar-refractivity contribution in [2.45, 2.75) is 18.9 Å². The van der Waals surface area contributed by atoms with Gasteiger partial charge < -0.3 is 10.8 Å². The Balaban J connectivity index is 3.10. The van der Waals surface area contributed by atoms with Crippen molar-refractivity contribution < 1.29 is 18.7 Å². The van der Waals surface area contributed by atoms with Crippen molar-refractivity contribution in [2.75, 3.05) is 0 Å². The second-order valence-corrected chi connectivity index (χ2v) is 3.31. The Labute approximate surface area is 85.5 Å². The van der Waals surface area contributed by atoms with Crippen molar-refractivity contribution in [3.05, 3.63) is 35.4 Å². The van der Waals surface area contributed by atoms with Gasteiger partial charge >= 0.3 is 5.97 Å². The molecule has 1 rings (SSSR count). The number of halogens is 2. The first-order chi connectivity index (χ1) is 6.85. The molecule has 15 heavy (non-hydrogen) atoms. The summed E-state index contributed by atoms with van der Waals surface area (Å²) in [5.74, 6) is -5.28. The van der Waals surface area contributed by atoms with E-state index in [9.17, 15) is 13.6 Å². The van der Waals surface area contributed by atoms with Gasteiger partial charge in [-0.05, 0) is 6.92 Å². The molecule has 3 N–H and O–H groups in total. The second-order valence-electron chi connectivity index (χ2n) is 3.31. The van der Waals surface area contributed by atoms with Crippen LogP contribution in [0.2, 0.25) is 0 Å². The summed E-state index contributed by atoms with van der Waals surface area (Å²) < 4.78 is 26.9. The van der Waals surface area contributed by atoms with E-state index in [0.717, 1.165) is 6.07 Å². The monoisotopic (exact) mass is 215 g/mol. The van der Waals surface area contributed by atoms with Crippen molar-refractivity contribution in [1.29, 1.82) is 0 Å². The number of hydrogen-bond acceptors (Lipinski definition) is 2. The van der Waals surface area contributed by atoms with Gasteiger partial charge in [0.05, 0.1) is 0 Å². The van der Waals surface area contributed by atoms with E-state index in [1.165, 1.54) is 12.1 Å². The summed E-state index contributed by atoms with van der Waals surface area (Å²) in [4.78, 5) is 10.4. The number of rotatable bonds is 3. The fourth-order valence-electron chi connectivity index (χ4n) is 1.19. The number of alkyl halides is 2. The van der Waals surface area contributed by atoms with E-state index in [1.54, 1.807) is 13.0 Å². The molecule has 0 aromatic heterocycles. The second kappa shape index (κ2) is 3.94. The summed E-state index contributed by atoms with van der Waals surface area (Å²) >= 11 is 0. The number of aliphatic carboxylic acids is 1. The van der Waals surface area contributed by atoms with Crippen LogP contribution in [0, 0.1) is 6.92 Å². The predicted molar refractivity (Wildman–Crippen MR) is 50.7 cm³/mol. The molecule has 0 radical (unpaired) electrons. The Kier molecular flexibility index (Phi) is 3.04. The van der Waals surface area contributed by atoms with Crippen molar-refractivity contribution in [2.24, 2.45) is 5.73 Å². The van der Waals surface area contributed by atoms with E-state index < -0.39 is 17.9 Å². The van der Waals surface area contributed by atoms with Gasteiger partial charge in [-0.15, -0.1) is 0 Å². The average molecular weight is 215 g/mol. The number of aryl methyl sites for hydroxylation is 1. The highest BCUT2D eigenvalue weighted by molar-refractivity contribution is 5.74. The van der Waals surface area contributed by atoms with Crippen LogP contribution in [0.15, 0.2) is 24.3 Å². The smallest absolute Gasteiger partial charge is 0.327 e. The summed E-state index contributed by atoms with van der Waals surface area (Å²) in [5.41, 5.74) is 5.18. The Morgan fingerprint density at radius 2 is 2.13 bits per heavy atom. The largest absolute Gasteiger partial charge is 0.480 e. The van der Waals surface area contributed by atoms with E-state index in [0.29, 0.717) is 5.56 Å². The minimum absolute atomic E-state index is 0.377. The van der Waals surface area contributed by atoms with Crippen LogP contribution in [0.3, 0.4) is 0 Å². The van der Waals surface area contributed by atoms with Gasteiger partial charge in [0.2, 0.25) is 0 Å². The van der Waals surface area contributed by atoms with Gasteiger partial charge in [0, 0.05) is 5.56 Å². The highest BCUT2D eigenvalue weighted by Crippen LogP contribution is 2.31. The van der Waals surface area contributed by atoms with Crippen LogP contribution in [0.1, 0.15) is 11.1 Å². The summed E-state index contributed by atoms with van der Waals surface area (Å²) in [6.45, 7) is 1.64. The van der Waals surface area contributed by atoms with E-state index in [2.05, 4.69) is 0 Å². The molecular weight excluding hydrogens is 204 g/mol. The van der Waals surface area contributed by atoms with Crippen LogP contribution in [0.5, 0.6) is 0 Å². The normalized spacial score (nSPS) is 13.6. The third-order valence-corrected chi connectivity index (χ3v) is 2.06. The van der Waals surface area contributed by atoms with E-state index in [-0.39, 0.29) is 5.56 Å². The minimum Gasteiger partial charge on any atom is -0.480 e. The third kappa shape index (κ3) is 2.30. The van der Waals surface area contributed by atoms with Gasteiger partial charge in [-0.1, -0.05) is 29.8 Å². The molecule has 0 saturated heterocycles. The van der Waals surface area contributed by atoms with Crippen LogP contribution in [0.25, 0.3) is 0 Å². The molecule has 0 aliphatic carbocycles. The maximum absolute atomic E-state index is 13.5. The predicted octanol–water partition coefficient (Wildman–Crippen LogP) is 1.50. The van der Waals surface area contributed by atoms with Gasteiger partial charge in [-0.3, -0.25) is 4.79 Å². The fourth-order valence-corrected chi connectivity index (χ4v) is 1.19. The zero-order valence-electron chi connectivity index (χ0n) is 8.08. The number of carboxylic acids is 1. The van der Waals surface area contributed by atoms with Gasteiger partial charge in [-0.2, -0.15) is 8.78 Å². The molecule has 0 saturated carbocycles. The highest BCUT2D eigenvalue weighted by atomic mass is 19.3. The third-order valence-electron chi connectivity index (χ3n) is 2.06. The lowest BCUT2D eigenvalue weighted by molar-refractivity contribution is -0.149. The fraction of sp³-hybridized carbons (Fsp3) is 0.300. The number of benzene rings is 1. The molecule has 5 heteroatoms. The summed E-state index contributed by atoms with van der Waals surface area (Å²) in [6, 6.07) is 3.25. The van der Waals surface area contributed by atoms with E-state index >= 15 is 0 Å². The van der Waals surface area contributed by atoms with Gasteiger partial charge in [0.1, 0.15) is 0 Å². The van der Waals surface area contributed by atoms with Crippen LogP contribution in [0.4, 0.5) is 8.78 Å². The Morgan fingerprint density at radius 3 is 2.60 bits per heavy atom. The Bertz CT molecular complexity index is 379. The standard InChI is InChI=1S/C10H11F2NO2/c1-6-3-2-4-7(5-6)10(11,12)8(13)9(14)15/h2-5,8H,13H2,1H3,(H,14,15). The van der Waals surface area contributed by atoms with Crippen molar-refractivity contribution in [3.8, 4) is 0 Å². The molecule has 0 aliphatic rings. The molecule has 0 aliphatic heterocycles. The van der Waals surface area contributed by atoms with Gasteiger partial charge in [0.15, 0.2) is 6.04 Å². The number of hydrogen-bond donors (Lipinski definition) is 2. The average Bonchev–Trinajstić information content (AvgIpc) is 2.16. The summed E-state index contributed by atoms with van der Waals surface area (Å²) in [7, 11) is 0. The van der Waals surface area contributed by atoms with Crippen LogP contribution >= 0.6 is 0 Å². The molecule has 0 bridgehead atoms. The van der Waals surface area contributed by atoms with Gasteiger partial charge in [0.25, 0.3) is 5.92 Å². The molecule has 0 amide bonds. The first-order valence-electron chi connectivity index (χ1n) is 4.29. The maximum atomic E-state index is 13.5. The van der Waals surface area contributed by atoms with Crippen LogP contribution in [-0.2, 0) is 10.7 Å². The molecule has 82 valence electrons. The minimum atomic E-state index is -3.56. The van der Waals surface area contributed by atoms with E-state index in [4.69, 9.17) is 10.8 Å². The summed E-state index contributed by atoms with van der Waals surface area (Å²) in [6.07, 6.45) is 0. The molecule has 1 unspecified atom stereocenters. The SMILES string of the molecule is Cc1cccc(C(F)(F)C(N)C(=O)O)c1. The van der Waals surface area contributed by atoms with Crippen molar-refractivity contribution in [3.63, 3.8) is 0 Å². The lowest BCUT2D eigenvalue weighted by Crippen LogP contribution is -2.45. The molecule has 0 fully saturated rings. The first kappa shape index (κ1) is 11.6. The highest BCUT2D eigenvalue weighted by Gasteiger charge is 2.43. The Morgan fingerprint density at radius 1 is 1.53 bits per heavy atom. The molecule has 1 aromatic carbocycles. The van der Waals surface area contributed by atoms with Gasteiger partial charge in [-0.25, -0.2) is 0 Å². The quantitative estimate of drug-likeness (QED) is 0.803. The Hall–Kier alpha value is -1.49. The molecule has 0 spiro atoms. The molecule has 0 heterocycles.